The van der Waals surface area contributed by atoms with Crippen LogP contribution in [0, 0.1) is 0 Å². The molecule has 0 saturated heterocycles. The SMILES string of the molecule is COc1ccc2c(=O)c3c(nc(C(C)C)n4c5ccccc5nc34)oc2c1. The van der Waals surface area contributed by atoms with E-state index in [4.69, 9.17) is 19.1 Å². The van der Waals surface area contributed by atoms with Crippen molar-refractivity contribution in [3.63, 3.8) is 0 Å². The number of aromatic nitrogens is 3. The first kappa shape index (κ1) is 15.8. The Morgan fingerprint density at radius 3 is 2.70 bits per heavy atom. The lowest BCUT2D eigenvalue weighted by Crippen LogP contribution is -2.10. The molecule has 6 heteroatoms. The Hall–Kier alpha value is -3.41. The smallest absolute Gasteiger partial charge is 0.236 e. The van der Waals surface area contributed by atoms with E-state index in [0.717, 1.165) is 16.9 Å². The summed E-state index contributed by atoms with van der Waals surface area (Å²) in [7, 11) is 1.58. The molecule has 0 radical (unpaired) electrons. The molecule has 0 N–H and O–H groups in total. The summed E-state index contributed by atoms with van der Waals surface area (Å²) in [5.74, 6) is 1.55. The van der Waals surface area contributed by atoms with Crippen LogP contribution in [0.15, 0.2) is 51.7 Å². The van der Waals surface area contributed by atoms with E-state index in [2.05, 4.69) is 13.8 Å². The summed E-state index contributed by atoms with van der Waals surface area (Å²) in [4.78, 5) is 22.7. The van der Waals surface area contributed by atoms with Crippen LogP contribution in [0.5, 0.6) is 5.75 Å². The van der Waals surface area contributed by atoms with E-state index in [1.165, 1.54) is 0 Å². The minimum atomic E-state index is -0.142. The zero-order chi connectivity index (χ0) is 18.7. The zero-order valence-electron chi connectivity index (χ0n) is 15.2. The van der Waals surface area contributed by atoms with E-state index in [9.17, 15) is 4.79 Å². The highest BCUT2D eigenvalue weighted by molar-refractivity contribution is 5.99. The highest BCUT2D eigenvalue weighted by Crippen LogP contribution is 2.29. The summed E-state index contributed by atoms with van der Waals surface area (Å²) in [5.41, 5.74) is 2.94. The molecule has 3 aromatic heterocycles. The lowest BCUT2D eigenvalue weighted by Gasteiger charge is -2.11. The van der Waals surface area contributed by atoms with Crippen molar-refractivity contribution in [1.29, 1.82) is 0 Å². The third-order valence-electron chi connectivity index (χ3n) is 4.83. The molecule has 3 heterocycles. The molecule has 2 aromatic carbocycles. The fourth-order valence-electron chi connectivity index (χ4n) is 3.53. The lowest BCUT2D eigenvalue weighted by atomic mass is 10.1. The molecule has 27 heavy (non-hydrogen) atoms. The van der Waals surface area contributed by atoms with Crippen LogP contribution < -0.4 is 10.2 Å². The number of ether oxygens (including phenoxy) is 1. The van der Waals surface area contributed by atoms with Crippen molar-refractivity contribution in [3.8, 4) is 5.75 Å². The van der Waals surface area contributed by atoms with Gasteiger partial charge >= 0.3 is 0 Å². The molecular formula is C21H17N3O3. The topological polar surface area (TPSA) is 69.6 Å². The third kappa shape index (κ3) is 2.16. The molecule has 6 nitrogen and oxygen atoms in total. The van der Waals surface area contributed by atoms with E-state index < -0.39 is 0 Å². The molecule has 0 spiro atoms. The van der Waals surface area contributed by atoms with Gasteiger partial charge in [-0.2, -0.15) is 4.98 Å². The highest BCUT2D eigenvalue weighted by atomic mass is 16.5. The number of rotatable bonds is 2. The van der Waals surface area contributed by atoms with E-state index in [1.807, 2.05) is 28.7 Å². The van der Waals surface area contributed by atoms with Crippen LogP contribution in [0.25, 0.3) is 38.7 Å². The summed E-state index contributed by atoms with van der Waals surface area (Å²) in [5, 5.41) is 0.879. The number of para-hydroxylation sites is 2. The molecule has 0 aliphatic carbocycles. The van der Waals surface area contributed by atoms with Crippen LogP contribution in [0.1, 0.15) is 25.6 Å². The maximum Gasteiger partial charge on any atom is 0.236 e. The second-order valence-electron chi connectivity index (χ2n) is 6.86. The highest BCUT2D eigenvalue weighted by Gasteiger charge is 2.20. The standard InChI is InChI=1S/C21H17N3O3/c1-11(2)19-23-21-17(20-22-14-6-4-5-7-15(14)24(19)20)18(25)13-9-8-12(26-3)10-16(13)27-21/h4-11H,1-3H3. The molecule has 0 aliphatic rings. The summed E-state index contributed by atoms with van der Waals surface area (Å²) in [6.07, 6.45) is 0. The van der Waals surface area contributed by atoms with Gasteiger partial charge in [-0.05, 0) is 24.3 Å². The molecule has 0 bridgehead atoms. The van der Waals surface area contributed by atoms with Gasteiger partial charge in [-0.3, -0.25) is 9.20 Å². The van der Waals surface area contributed by atoms with Crippen LogP contribution in [0.3, 0.4) is 0 Å². The van der Waals surface area contributed by atoms with Gasteiger partial charge in [-0.1, -0.05) is 26.0 Å². The van der Waals surface area contributed by atoms with Crippen molar-refractivity contribution in [2.24, 2.45) is 0 Å². The van der Waals surface area contributed by atoms with Crippen molar-refractivity contribution in [2.75, 3.05) is 7.11 Å². The Bertz CT molecular complexity index is 1410. The number of imidazole rings is 1. The minimum absolute atomic E-state index is 0.126. The van der Waals surface area contributed by atoms with Gasteiger partial charge in [-0.15, -0.1) is 0 Å². The van der Waals surface area contributed by atoms with Gasteiger partial charge in [0.25, 0.3) is 0 Å². The van der Waals surface area contributed by atoms with E-state index in [1.54, 1.807) is 25.3 Å². The first-order valence-electron chi connectivity index (χ1n) is 8.80. The van der Waals surface area contributed by atoms with Crippen molar-refractivity contribution in [1.82, 2.24) is 14.4 Å². The van der Waals surface area contributed by atoms with Crippen LogP contribution in [0.2, 0.25) is 0 Å². The molecule has 5 aromatic rings. The minimum Gasteiger partial charge on any atom is -0.497 e. The summed E-state index contributed by atoms with van der Waals surface area (Å²) in [6, 6.07) is 13.0. The maximum absolute atomic E-state index is 13.3. The van der Waals surface area contributed by atoms with Gasteiger partial charge in [0.15, 0.2) is 5.65 Å². The second-order valence-corrected chi connectivity index (χ2v) is 6.86. The summed E-state index contributed by atoms with van der Waals surface area (Å²) >= 11 is 0. The van der Waals surface area contributed by atoms with E-state index in [-0.39, 0.29) is 11.3 Å². The predicted molar refractivity (Wildman–Crippen MR) is 105 cm³/mol. The quantitative estimate of drug-likeness (QED) is 0.440. The number of benzene rings is 2. The average molecular weight is 359 g/mol. The fourth-order valence-corrected chi connectivity index (χ4v) is 3.53. The van der Waals surface area contributed by atoms with E-state index >= 15 is 0 Å². The normalized spacial score (nSPS) is 12.0. The van der Waals surface area contributed by atoms with Gasteiger partial charge in [-0.25, -0.2) is 4.98 Å². The van der Waals surface area contributed by atoms with Gasteiger partial charge < -0.3 is 9.15 Å². The largest absolute Gasteiger partial charge is 0.497 e. The molecule has 5 rings (SSSR count). The third-order valence-corrected chi connectivity index (χ3v) is 4.83. The van der Waals surface area contributed by atoms with Crippen LogP contribution in [0.4, 0.5) is 0 Å². The molecule has 0 amide bonds. The lowest BCUT2D eigenvalue weighted by molar-refractivity contribution is 0.414. The molecule has 0 saturated carbocycles. The zero-order valence-corrected chi connectivity index (χ0v) is 15.2. The number of nitrogens with zero attached hydrogens (tertiary/aromatic N) is 3. The van der Waals surface area contributed by atoms with Gasteiger partial charge in [0, 0.05) is 12.0 Å². The van der Waals surface area contributed by atoms with Crippen molar-refractivity contribution in [2.45, 2.75) is 19.8 Å². The molecule has 0 unspecified atom stereocenters. The van der Waals surface area contributed by atoms with Crippen LogP contribution in [-0.4, -0.2) is 21.5 Å². The van der Waals surface area contributed by atoms with Crippen molar-refractivity contribution < 1.29 is 9.15 Å². The Kier molecular flexibility index (Phi) is 3.25. The molecule has 0 fully saturated rings. The van der Waals surface area contributed by atoms with Crippen molar-refractivity contribution >= 4 is 38.7 Å². The van der Waals surface area contributed by atoms with Crippen molar-refractivity contribution in [3.05, 3.63) is 58.5 Å². The van der Waals surface area contributed by atoms with Gasteiger partial charge in [0.2, 0.25) is 11.1 Å². The van der Waals surface area contributed by atoms with Gasteiger partial charge in [0.1, 0.15) is 22.5 Å². The van der Waals surface area contributed by atoms with Crippen LogP contribution in [-0.2, 0) is 0 Å². The number of hydrogen-bond donors (Lipinski definition) is 0. The van der Waals surface area contributed by atoms with Crippen LogP contribution >= 0.6 is 0 Å². The first-order valence-corrected chi connectivity index (χ1v) is 8.80. The number of hydrogen-bond acceptors (Lipinski definition) is 5. The first-order chi connectivity index (χ1) is 13.1. The molecular weight excluding hydrogens is 342 g/mol. The maximum atomic E-state index is 13.3. The Balaban J connectivity index is 2.05. The number of methoxy groups -OCH3 is 1. The average Bonchev–Trinajstić information content (AvgIpc) is 3.06. The number of fused-ring (bicyclic) bond motifs is 6. The van der Waals surface area contributed by atoms with E-state index in [0.29, 0.717) is 33.5 Å². The Morgan fingerprint density at radius 2 is 1.93 bits per heavy atom. The summed E-state index contributed by atoms with van der Waals surface area (Å²) < 4.78 is 13.2. The summed E-state index contributed by atoms with van der Waals surface area (Å²) in [6.45, 7) is 4.12. The van der Waals surface area contributed by atoms with Gasteiger partial charge in [0.05, 0.1) is 23.5 Å². The monoisotopic (exact) mass is 359 g/mol. The molecule has 0 aliphatic heterocycles. The molecule has 134 valence electrons. The Labute approximate surface area is 154 Å². The molecule has 0 atom stereocenters. The fraction of sp³-hybridized carbons (Fsp3) is 0.190. The Morgan fingerprint density at radius 1 is 1.11 bits per heavy atom. The predicted octanol–water partition coefficient (Wildman–Crippen LogP) is 4.27. The second kappa shape index (κ2) is 5.54.